The Morgan fingerprint density at radius 2 is 1.92 bits per heavy atom. The number of hydrogen-bond donors (Lipinski definition) is 1. The maximum atomic E-state index is 13.8. The summed E-state index contributed by atoms with van der Waals surface area (Å²) in [5, 5.41) is 0. The minimum atomic E-state index is -0.293. The number of benzene rings is 1. The third-order valence-electron chi connectivity index (χ3n) is 3.32. The van der Waals surface area contributed by atoms with Gasteiger partial charge in [-0.2, -0.15) is 0 Å². The van der Waals surface area contributed by atoms with Crippen molar-refractivity contribution < 1.29 is 4.39 Å². The molecule has 1 aromatic carbocycles. The predicted molar refractivity (Wildman–Crippen MR) is 100 cm³/mol. The first-order chi connectivity index (χ1) is 12.1. The van der Waals surface area contributed by atoms with Gasteiger partial charge in [0, 0.05) is 18.0 Å². The van der Waals surface area contributed by atoms with Crippen molar-refractivity contribution in [2.45, 2.75) is 6.54 Å². The Morgan fingerprint density at radius 1 is 1.16 bits per heavy atom. The van der Waals surface area contributed by atoms with Gasteiger partial charge in [-0.05, 0) is 30.3 Å². The molecule has 0 fully saturated rings. The minimum absolute atomic E-state index is 0.191. The van der Waals surface area contributed by atoms with Gasteiger partial charge in [0.1, 0.15) is 5.82 Å². The van der Waals surface area contributed by atoms with Crippen LogP contribution in [0.5, 0.6) is 0 Å². The lowest BCUT2D eigenvalue weighted by Gasteiger charge is -2.04. The summed E-state index contributed by atoms with van der Waals surface area (Å²) in [5.74, 6) is 0.113. The first-order valence-electron chi connectivity index (χ1n) is 7.41. The summed E-state index contributed by atoms with van der Waals surface area (Å²) in [5.41, 5.74) is 7.57. The Morgan fingerprint density at radius 3 is 2.60 bits per heavy atom. The number of allylic oxidation sites excluding steroid dienone is 1. The standard InChI is InChI=1S/C18H14ClFN4S/c19-17-7-6-16(25-17)15(10-14(21)18-22-8-3-9-23-18)24-11-12-4-1-2-5-13(12)20/h1-10H,11,21H2. The van der Waals surface area contributed by atoms with Gasteiger partial charge >= 0.3 is 0 Å². The topological polar surface area (TPSA) is 64.2 Å². The molecule has 4 nitrogen and oxygen atoms in total. The van der Waals surface area contributed by atoms with Crippen molar-refractivity contribution >= 4 is 34.3 Å². The molecular weight excluding hydrogens is 359 g/mol. The van der Waals surface area contributed by atoms with E-state index in [1.807, 2.05) is 6.07 Å². The largest absolute Gasteiger partial charge is 0.396 e. The number of aromatic nitrogens is 2. The molecule has 2 heterocycles. The van der Waals surface area contributed by atoms with Crippen molar-refractivity contribution in [1.82, 2.24) is 9.97 Å². The zero-order valence-corrected chi connectivity index (χ0v) is 14.6. The molecule has 0 radical (unpaired) electrons. The van der Waals surface area contributed by atoms with Crippen LogP contribution in [0.3, 0.4) is 0 Å². The highest BCUT2D eigenvalue weighted by molar-refractivity contribution is 7.18. The Labute approximate surface area is 153 Å². The lowest BCUT2D eigenvalue weighted by atomic mass is 10.2. The summed E-state index contributed by atoms with van der Waals surface area (Å²) >= 11 is 7.40. The maximum Gasteiger partial charge on any atom is 0.175 e. The van der Waals surface area contributed by atoms with Gasteiger partial charge in [-0.25, -0.2) is 14.4 Å². The minimum Gasteiger partial charge on any atom is -0.396 e. The van der Waals surface area contributed by atoms with Gasteiger partial charge < -0.3 is 5.73 Å². The monoisotopic (exact) mass is 372 g/mol. The number of nitrogens with zero attached hydrogens (tertiary/aromatic N) is 3. The molecule has 2 aromatic heterocycles. The van der Waals surface area contributed by atoms with Crippen LogP contribution in [0.2, 0.25) is 4.34 Å². The van der Waals surface area contributed by atoms with Crippen molar-refractivity contribution in [2.24, 2.45) is 10.7 Å². The zero-order chi connectivity index (χ0) is 17.6. The van der Waals surface area contributed by atoms with Crippen LogP contribution in [0, 0.1) is 5.82 Å². The van der Waals surface area contributed by atoms with Crippen LogP contribution in [0.15, 0.2) is 65.9 Å². The van der Waals surface area contributed by atoms with Crippen molar-refractivity contribution in [2.75, 3.05) is 0 Å². The Hall–Kier alpha value is -2.57. The molecule has 0 spiro atoms. The Bertz CT molecular complexity index is 922. The van der Waals surface area contributed by atoms with Crippen LogP contribution >= 0.6 is 22.9 Å². The van der Waals surface area contributed by atoms with E-state index in [4.69, 9.17) is 17.3 Å². The molecule has 0 atom stereocenters. The second kappa shape index (κ2) is 8.00. The molecule has 0 saturated heterocycles. The van der Waals surface area contributed by atoms with E-state index >= 15 is 0 Å². The molecule has 3 rings (SSSR count). The normalized spacial score (nSPS) is 12.4. The molecule has 0 amide bonds. The third kappa shape index (κ3) is 4.49. The summed E-state index contributed by atoms with van der Waals surface area (Å²) in [6.45, 7) is 0.191. The molecule has 0 aliphatic carbocycles. The van der Waals surface area contributed by atoms with Gasteiger partial charge in [0.25, 0.3) is 0 Å². The molecule has 0 bridgehead atoms. The number of rotatable bonds is 5. The van der Waals surface area contributed by atoms with E-state index in [1.54, 1.807) is 48.8 Å². The summed E-state index contributed by atoms with van der Waals surface area (Å²) < 4.78 is 14.5. The maximum absolute atomic E-state index is 13.8. The van der Waals surface area contributed by atoms with E-state index in [1.165, 1.54) is 17.4 Å². The molecule has 7 heteroatoms. The van der Waals surface area contributed by atoms with Gasteiger partial charge in [-0.1, -0.05) is 29.8 Å². The lowest BCUT2D eigenvalue weighted by Crippen LogP contribution is -2.06. The van der Waals surface area contributed by atoms with Crippen LogP contribution in [-0.2, 0) is 6.54 Å². The fourth-order valence-corrected chi connectivity index (χ4v) is 3.13. The first kappa shape index (κ1) is 17.3. The van der Waals surface area contributed by atoms with Crippen molar-refractivity contribution in [3.05, 3.63) is 87.4 Å². The number of thiophene rings is 1. The molecular formula is C18H14ClFN4S. The predicted octanol–water partition coefficient (Wildman–Crippen LogP) is 4.32. The summed E-state index contributed by atoms with van der Waals surface area (Å²) in [4.78, 5) is 13.6. The van der Waals surface area contributed by atoms with Gasteiger partial charge in [-0.15, -0.1) is 11.3 Å². The van der Waals surface area contributed by atoms with Gasteiger partial charge in [0.2, 0.25) is 0 Å². The van der Waals surface area contributed by atoms with Crippen molar-refractivity contribution in [3.63, 3.8) is 0 Å². The second-order valence-corrected chi connectivity index (χ2v) is 6.78. The van der Waals surface area contributed by atoms with Gasteiger partial charge in [0.05, 0.1) is 27.2 Å². The average molecular weight is 373 g/mol. The van der Waals surface area contributed by atoms with E-state index in [9.17, 15) is 4.39 Å². The quantitative estimate of drug-likeness (QED) is 0.678. The highest BCUT2D eigenvalue weighted by Gasteiger charge is 2.08. The third-order valence-corrected chi connectivity index (χ3v) is 4.57. The Kier molecular flexibility index (Phi) is 5.53. The van der Waals surface area contributed by atoms with Gasteiger partial charge in [-0.3, -0.25) is 4.99 Å². The molecule has 0 unspecified atom stereocenters. The van der Waals surface area contributed by atoms with Crippen LogP contribution in [0.1, 0.15) is 16.3 Å². The van der Waals surface area contributed by atoms with Crippen molar-refractivity contribution in [3.8, 4) is 0 Å². The fourth-order valence-electron chi connectivity index (χ4n) is 2.10. The summed E-state index contributed by atoms with van der Waals surface area (Å²) in [7, 11) is 0. The van der Waals surface area contributed by atoms with Crippen LogP contribution in [-0.4, -0.2) is 15.7 Å². The van der Waals surface area contributed by atoms with E-state index in [0.717, 1.165) is 4.88 Å². The van der Waals surface area contributed by atoms with Crippen LogP contribution in [0.4, 0.5) is 4.39 Å². The molecule has 0 aliphatic heterocycles. The van der Waals surface area contributed by atoms with Gasteiger partial charge in [0.15, 0.2) is 5.82 Å². The molecule has 2 N–H and O–H groups in total. The van der Waals surface area contributed by atoms with E-state index in [-0.39, 0.29) is 12.4 Å². The summed E-state index contributed by atoms with van der Waals surface area (Å²) in [6.07, 6.45) is 4.90. The molecule has 126 valence electrons. The lowest BCUT2D eigenvalue weighted by molar-refractivity contribution is 0.611. The first-order valence-corrected chi connectivity index (χ1v) is 8.61. The fraction of sp³-hybridized carbons (Fsp3) is 0.0556. The number of halogens is 2. The van der Waals surface area contributed by atoms with E-state index in [0.29, 0.717) is 27.1 Å². The molecule has 0 saturated carbocycles. The highest BCUT2D eigenvalue weighted by atomic mass is 35.5. The number of aliphatic imine (C=N–C) groups is 1. The smallest absolute Gasteiger partial charge is 0.175 e. The van der Waals surface area contributed by atoms with Crippen LogP contribution in [0.25, 0.3) is 5.70 Å². The second-order valence-electron chi connectivity index (χ2n) is 5.07. The van der Waals surface area contributed by atoms with E-state index in [2.05, 4.69) is 15.0 Å². The SMILES string of the molecule is NC(=CC(=NCc1ccccc1F)c1ccc(Cl)s1)c1ncccn1. The number of nitrogens with two attached hydrogens (primary N) is 1. The van der Waals surface area contributed by atoms with Crippen LogP contribution < -0.4 is 5.73 Å². The average Bonchev–Trinajstić information content (AvgIpc) is 3.06. The summed E-state index contributed by atoms with van der Waals surface area (Å²) in [6, 6.07) is 11.9. The number of hydrogen-bond acceptors (Lipinski definition) is 5. The van der Waals surface area contributed by atoms with Crippen molar-refractivity contribution in [1.29, 1.82) is 0 Å². The Balaban J connectivity index is 1.96. The molecule has 25 heavy (non-hydrogen) atoms. The highest BCUT2D eigenvalue weighted by Crippen LogP contribution is 2.23. The molecule has 3 aromatic rings. The van der Waals surface area contributed by atoms with E-state index < -0.39 is 0 Å². The molecule has 0 aliphatic rings. The zero-order valence-electron chi connectivity index (χ0n) is 13.1.